The zero-order valence-electron chi connectivity index (χ0n) is 11.8. The number of carbonyl (C=O) groups excluding carboxylic acids is 2. The van der Waals surface area contributed by atoms with Crippen molar-refractivity contribution < 1.29 is 14.3 Å². The molecule has 2 amide bonds. The lowest BCUT2D eigenvalue weighted by molar-refractivity contribution is -0.134. The predicted molar refractivity (Wildman–Crippen MR) is 75.5 cm³/mol. The number of carbonyl (C=O) groups is 2. The molecule has 1 aliphatic rings. The number of imide groups is 1. The molecule has 108 valence electrons. The minimum Gasteiger partial charge on any atom is -0.497 e. The van der Waals surface area contributed by atoms with Crippen molar-refractivity contribution >= 4 is 11.8 Å². The fraction of sp³-hybridized carbons (Fsp3) is 0.467. The van der Waals surface area contributed by atoms with Crippen LogP contribution in [0.4, 0.5) is 0 Å². The molecule has 0 aromatic heterocycles. The predicted octanol–water partition coefficient (Wildman–Crippen LogP) is 1.02. The highest BCUT2D eigenvalue weighted by atomic mass is 16.5. The van der Waals surface area contributed by atoms with Gasteiger partial charge in [-0.25, -0.2) is 0 Å². The molecule has 1 saturated heterocycles. The Morgan fingerprint density at radius 3 is 2.65 bits per heavy atom. The van der Waals surface area contributed by atoms with Crippen molar-refractivity contribution in [2.45, 2.75) is 38.3 Å². The molecule has 5 nitrogen and oxygen atoms in total. The Morgan fingerprint density at radius 2 is 2.05 bits per heavy atom. The number of methoxy groups -OCH3 is 1. The van der Waals surface area contributed by atoms with E-state index in [1.54, 1.807) is 7.11 Å². The van der Waals surface area contributed by atoms with Crippen LogP contribution < -0.4 is 15.4 Å². The third-order valence-electron chi connectivity index (χ3n) is 3.43. The zero-order chi connectivity index (χ0) is 14.5. The highest BCUT2D eigenvalue weighted by molar-refractivity contribution is 6.00. The van der Waals surface area contributed by atoms with Crippen LogP contribution in [0.15, 0.2) is 24.3 Å². The number of rotatable bonds is 5. The summed E-state index contributed by atoms with van der Waals surface area (Å²) in [5.41, 5.74) is 1.18. The van der Waals surface area contributed by atoms with Crippen LogP contribution in [0.1, 0.15) is 25.3 Å². The van der Waals surface area contributed by atoms with Gasteiger partial charge in [0.05, 0.1) is 13.2 Å². The van der Waals surface area contributed by atoms with E-state index in [2.05, 4.69) is 10.6 Å². The Labute approximate surface area is 118 Å². The molecule has 1 aromatic carbocycles. The first kappa shape index (κ1) is 14.5. The maximum atomic E-state index is 11.7. The molecule has 2 rings (SSSR count). The number of nitrogens with one attached hydrogen (secondary N) is 2. The second-order valence-corrected chi connectivity index (χ2v) is 5.12. The third-order valence-corrected chi connectivity index (χ3v) is 3.43. The van der Waals surface area contributed by atoms with E-state index in [1.165, 1.54) is 5.56 Å². The molecule has 0 radical (unpaired) electrons. The SMILES string of the molecule is COc1ccc(CC(C)NC2CCC(=O)NC2=O)cc1. The first-order valence-corrected chi connectivity index (χ1v) is 6.81. The van der Waals surface area contributed by atoms with Crippen molar-refractivity contribution in [2.75, 3.05) is 7.11 Å². The molecule has 0 spiro atoms. The quantitative estimate of drug-likeness (QED) is 0.788. The topological polar surface area (TPSA) is 67.4 Å². The van der Waals surface area contributed by atoms with Crippen LogP contribution in [0.25, 0.3) is 0 Å². The smallest absolute Gasteiger partial charge is 0.243 e. The summed E-state index contributed by atoms with van der Waals surface area (Å²) in [6.45, 7) is 2.04. The lowest BCUT2D eigenvalue weighted by atomic mass is 10.0. The summed E-state index contributed by atoms with van der Waals surface area (Å²) < 4.78 is 5.12. The van der Waals surface area contributed by atoms with E-state index in [1.807, 2.05) is 31.2 Å². The highest BCUT2D eigenvalue weighted by Gasteiger charge is 2.27. The van der Waals surface area contributed by atoms with Gasteiger partial charge in [-0.3, -0.25) is 14.9 Å². The summed E-state index contributed by atoms with van der Waals surface area (Å²) in [5.74, 6) is 0.429. The van der Waals surface area contributed by atoms with Gasteiger partial charge in [-0.05, 0) is 37.5 Å². The number of amides is 2. The van der Waals surface area contributed by atoms with E-state index in [0.29, 0.717) is 12.8 Å². The summed E-state index contributed by atoms with van der Waals surface area (Å²) in [7, 11) is 1.64. The van der Waals surface area contributed by atoms with Gasteiger partial charge in [0.25, 0.3) is 0 Å². The van der Waals surface area contributed by atoms with Crippen molar-refractivity contribution in [1.82, 2.24) is 10.6 Å². The maximum absolute atomic E-state index is 11.7. The summed E-state index contributed by atoms with van der Waals surface area (Å²) >= 11 is 0. The third kappa shape index (κ3) is 3.81. The van der Waals surface area contributed by atoms with Gasteiger partial charge >= 0.3 is 0 Å². The summed E-state index contributed by atoms with van der Waals surface area (Å²) in [5, 5.41) is 5.63. The van der Waals surface area contributed by atoms with Crippen LogP contribution in [0, 0.1) is 0 Å². The lowest BCUT2D eigenvalue weighted by Gasteiger charge is -2.25. The Kier molecular flexibility index (Phi) is 4.74. The first-order chi connectivity index (χ1) is 9.58. The van der Waals surface area contributed by atoms with Crippen LogP contribution in [-0.4, -0.2) is 31.0 Å². The second-order valence-electron chi connectivity index (χ2n) is 5.12. The average molecular weight is 276 g/mol. The number of piperidine rings is 1. The molecule has 1 fully saturated rings. The van der Waals surface area contributed by atoms with Gasteiger partial charge in [0.2, 0.25) is 11.8 Å². The van der Waals surface area contributed by atoms with E-state index >= 15 is 0 Å². The fourth-order valence-corrected chi connectivity index (χ4v) is 2.37. The molecule has 0 aliphatic carbocycles. The largest absolute Gasteiger partial charge is 0.497 e. The van der Waals surface area contributed by atoms with Gasteiger partial charge in [0.15, 0.2) is 0 Å². The molecule has 5 heteroatoms. The monoisotopic (exact) mass is 276 g/mol. The molecule has 1 aromatic rings. The number of hydrogen-bond acceptors (Lipinski definition) is 4. The molecule has 2 atom stereocenters. The second kappa shape index (κ2) is 6.52. The molecule has 2 unspecified atom stereocenters. The Bertz CT molecular complexity index is 484. The van der Waals surface area contributed by atoms with E-state index < -0.39 is 0 Å². The Balaban J connectivity index is 1.86. The van der Waals surface area contributed by atoms with Crippen LogP contribution in [0.3, 0.4) is 0 Å². The summed E-state index contributed by atoms with van der Waals surface area (Å²) in [6.07, 6.45) is 1.79. The van der Waals surface area contributed by atoms with Gasteiger partial charge in [-0.1, -0.05) is 12.1 Å². The molecule has 1 aliphatic heterocycles. The number of hydrogen-bond donors (Lipinski definition) is 2. The minimum absolute atomic E-state index is 0.160. The van der Waals surface area contributed by atoms with Gasteiger partial charge in [0, 0.05) is 12.5 Å². The lowest BCUT2D eigenvalue weighted by Crippen LogP contribution is -2.53. The number of ether oxygens (including phenoxy) is 1. The van der Waals surface area contributed by atoms with Gasteiger partial charge < -0.3 is 10.1 Å². The Hall–Kier alpha value is -1.88. The normalized spacial score (nSPS) is 20.4. The van der Waals surface area contributed by atoms with Gasteiger partial charge in [-0.15, -0.1) is 0 Å². The van der Waals surface area contributed by atoms with E-state index in [9.17, 15) is 9.59 Å². The van der Waals surface area contributed by atoms with Crippen molar-refractivity contribution in [3.8, 4) is 5.75 Å². The van der Waals surface area contributed by atoms with Crippen molar-refractivity contribution in [3.05, 3.63) is 29.8 Å². The molecule has 20 heavy (non-hydrogen) atoms. The van der Waals surface area contributed by atoms with Gasteiger partial charge in [0.1, 0.15) is 5.75 Å². The molecular weight excluding hydrogens is 256 g/mol. The summed E-state index contributed by atoms with van der Waals surface area (Å²) in [4.78, 5) is 22.7. The van der Waals surface area contributed by atoms with E-state index in [-0.39, 0.29) is 23.9 Å². The van der Waals surface area contributed by atoms with Crippen molar-refractivity contribution in [1.29, 1.82) is 0 Å². The van der Waals surface area contributed by atoms with E-state index in [4.69, 9.17) is 4.74 Å². The standard InChI is InChI=1S/C15H20N2O3/c1-10(9-11-3-5-12(20-2)6-4-11)16-13-7-8-14(18)17-15(13)19/h3-6,10,13,16H,7-9H2,1-2H3,(H,17,18,19). The van der Waals surface area contributed by atoms with Crippen LogP contribution in [0.5, 0.6) is 5.75 Å². The van der Waals surface area contributed by atoms with Crippen molar-refractivity contribution in [3.63, 3.8) is 0 Å². The summed E-state index contributed by atoms with van der Waals surface area (Å²) in [6, 6.07) is 7.76. The number of benzene rings is 1. The zero-order valence-corrected chi connectivity index (χ0v) is 11.8. The van der Waals surface area contributed by atoms with Crippen LogP contribution >= 0.6 is 0 Å². The fourth-order valence-electron chi connectivity index (χ4n) is 2.37. The molecular formula is C15H20N2O3. The van der Waals surface area contributed by atoms with Gasteiger partial charge in [-0.2, -0.15) is 0 Å². The van der Waals surface area contributed by atoms with E-state index in [0.717, 1.165) is 12.2 Å². The maximum Gasteiger partial charge on any atom is 0.243 e. The molecule has 1 heterocycles. The molecule has 2 N–H and O–H groups in total. The van der Waals surface area contributed by atoms with Crippen LogP contribution in [-0.2, 0) is 16.0 Å². The molecule has 0 bridgehead atoms. The first-order valence-electron chi connectivity index (χ1n) is 6.81. The Morgan fingerprint density at radius 1 is 1.35 bits per heavy atom. The minimum atomic E-state index is -0.277. The average Bonchev–Trinajstić information content (AvgIpc) is 2.43. The highest BCUT2D eigenvalue weighted by Crippen LogP contribution is 2.13. The molecule has 0 saturated carbocycles. The van der Waals surface area contributed by atoms with Crippen molar-refractivity contribution in [2.24, 2.45) is 0 Å². The van der Waals surface area contributed by atoms with Crippen LogP contribution in [0.2, 0.25) is 0 Å².